The molecular formula is C17H16ClFN2O3. The standard InChI is InChI=1S/C17H16ClFN2O3/c18-14-3-1-2-4-15(14)24-11-17(23)21(10-9-16(20)22)13-7-5-12(19)6-8-13/h1-8H,9-11H2,(H2,20,22). The molecule has 0 heterocycles. The summed E-state index contributed by atoms with van der Waals surface area (Å²) in [7, 11) is 0. The molecule has 2 aromatic rings. The van der Waals surface area contributed by atoms with E-state index in [1.54, 1.807) is 24.3 Å². The predicted molar refractivity (Wildman–Crippen MR) is 89.5 cm³/mol. The quantitative estimate of drug-likeness (QED) is 0.834. The molecule has 0 saturated carbocycles. The van der Waals surface area contributed by atoms with Crippen molar-refractivity contribution in [3.05, 3.63) is 59.4 Å². The van der Waals surface area contributed by atoms with Gasteiger partial charge in [-0.1, -0.05) is 23.7 Å². The van der Waals surface area contributed by atoms with E-state index in [4.69, 9.17) is 22.1 Å². The molecule has 0 saturated heterocycles. The zero-order chi connectivity index (χ0) is 17.5. The predicted octanol–water partition coefficient (Wildman–Crippen LogP) is 2.77. The molecule has 5 nitrogen and oxygen atoms in total. The highest BCUT2D eigenvalue weighted by Crippen LogP contribution is 2.23. The van der Waals surface area contributed by atoms with Crippen molar-refractivity contribution in [2.24, 2.45) is 5.73 Å². The molecule has 7 heteroatoms. The van der Waals surface area contributed by atoms with E-state index in [1.165, 1.54) is 29.2 Å². The van der Waals surface area contributed by atoms with Crippen LogP contribution >= 0.6 is 11.6 Å². The second-order valence-corrected chi connectivity index (χ2v) is 5.36. The van der Waals surface area contributed by atoms with Gasteiger partial charge in [-0.05, 0) is 36.4 Å². The molecule has 0 radical (unpaired) electrons. The monoisotopic (exact) mass is 350 g/mol. The minimum absolute atomic E-state index is 0.0186. The van der Waals surface area contributed by atoms with Crippen molar-refractivity contribution in [3.8, 4) is 5.75 Å². The van der Waals surface area contributed by atoms with E-state index in [9.17, 15) is 14.0 Å². The molecule has 0 aromatic heterocycles. The molecule has 0 spiro atoms. The van der Waals surface area contributed by atoms with E-state index >= 15 is 0 Å². The van der Waals surface area contributed by atoms with Crippen molar-refractivity contribution in [2.75, 3.05) is 18.1 Å². The molecule has 126 valence electrons. The summed E-state index contributed by atoms with van der Waals surface area (Å²) in [5, 5.41) is 0.385. The lowest BCUT2D eigenvalue weighted by atomic mass is 10.2. The fourth-order valence-electron chi connectivity index (χ4n) is 2.02. The first-order chi connectivity index (χ1) is 11.5. The molecular weight excluding hydrogens is 335 g/mol. The maximum atomic E-state index is 13.1. The molecule has 0 fully saturated rings. The second kappa shape index (κ2) is 8.31. The summed E-state index contributed by atoms with van der Waals surface area (Å²) in [6.45, 7) is -0.203. The van der Waals surface area contributed by atoms with Crippen LogP contribution in [0.3, 0.4) is 0 Å². The topological polar surface area (TPSA) is 72.6 Å². The summed E-state index contributed by atoms with van der Waals surface area (Å²) in [6, 6.07) is 12.1. The Morgan fingerprint density at radius 2 is 1.79 bits per heavy atom. The zero-order valence-electron chi connectivity index (χ0n) is 12.7. The average Bonchev–Trinajstić information content (AvgIpc) is 2.55. The Bertz CT molecular complexity index is 722. The largest absolute Gasteiger partial charge is 0.482 e. The first kappa shape index (κ1) is 17.7. The van der Waals surface area contributed by atoms with E-state index in [1.807, 2.05) is 0 Å². The lowest BCUT2D eigenvalue weighted by Gasteiger charge is -2.22. The molecule has 2 aromatic carbocycles. The van der Waals surface area contributed by atoms with E-state index in [2.05, 4.69) is 0 Å². The van der Waals surface area contributed by atoms with E-state index in [0.29, 0.717) is 16.5 Å². The highest BCUT2D eigenvalue weighted by Gasteiger charge is 2.18. The van der Waals surface area contributed by atoms with Crippen molar-refractivity contribution in [1.82, 2.24) is 0 Å². The van der Waals surface area contributed by atoms with Crippen molar-refractivity contribution in [2.45, 2.75) is 6.42 Å². The molecule has 2 amide bonds. The molecule has 0 aliphatic carbocycles. The van der Waals surface area contributed by atoms with Gasteiger partial charge in [0.05, 0.1) is 5.02 Å². The third-order valence-electron chi connectivity index (χ3n) is 3.21. The number of carbonyl (C=O) groups excluding carboxylic acids is 2. The number of para-hydroxylation sites is 1. The summed E-state index contributed by atoms with van der Waals surface area (Å²) in [5.74, 6) is -0.987. The van der Waals surface area contributed by atoms with Gasteiger partial charge in [0.15, 0.2) is 6.61 Å². The molecule has 24 heavy (non-hydrogen) atoms. The summed E-state index contributed by atoms with van der Waals surface area (Å²) >= 11 is 5.97. The van der Waals surface area contributed by atoms with E-state index in [-0.39, 0.29) is 19.6 Å². The Hall–Kier alpha value is -2.60. The third kappa shape index (κ3) is 4.96. The zero-order valence-corrected chi connectivity index (χ0v) is 13.5. The van der Waals surface area contributed by atoms with E-state index < -0.39 is 17.6 Å². The number of halogens is 2. The maximum Gasteiger partial charge on any atom is 0.264 e. The Labute approximate surface area is 143 Å². The number of amides is 2. The fourth-order valence-corrected chi connectivity index (χ4v) is 2.21. The smallest absolute Gasteiger partial charge is 0.264 e. The Kier molecular flexibility index (Phi) is 6.14. The van der Waals surface area contributed by atoms with E-state index in [0.717, 1.165) is 0 Å². The van der Waals surface area contributed by atoms with Crippen LogP contribution in [0.15, 0.2) is 48.5 Å². The van der Waals surface area contributed by atoms with Crippen LogP contribution < -0.4 is 15.4 Å². The number of nitrogens with two attached hydrogens (primary N) is 1. The SMILES string of the molecule is NC(=O)CCN(C(=O)COc1ccccc1Cl)c1ccc(F)cc1. The van der Waals surface area contributed by atoms with Crippen LogP contribution in [-0.4, -0.2) is 25.0 Å². The first-order valence-corrected chi connectivity index (χ1v) is 7.56. The molecule has 2 rings (SSSR count). The summed E-state index contributed by atoms with van der Waals surface area (Å²) in [5.41, 5.74) is 5.59. The van der Waals surface area contributed by atoms with Crippen molar-refractivity contribution < 1.29 is 18.7 Å². The Morgan fingerprint density at radius 1 is 1.12 bits per heavy atom. The van der Waals surface area contributed by atoms with Crippen molar-refractivity contribution >= 4 is 29.1 Å². The minimum atomic E-state index is -0.540. The Morgan fingerprint density at radius 3 is 2.42 bits per heavy atom. The number of hydrogen-bond acceptors (Lipinski definition) is 3. The number of nitrogens with zero attached hydrogens (tertiary/aromatic N) is 1. The van der Waals surface area contributed by atoms with Crippen LogP contribution in [-0.2, 0) is 9.59 Å². The molecule has 0 bridgehead atoms. The lowest BCUT2D eigenvalue weighted by molar-refractivity contribution is -0.120. The van der Waals surface area contributed by atoms with Gasteiger partial charge >= 0.3 is 0 Å². The van der Waals surface area contributed by atoms with Crippen LogP contribution in [0, 0.1) is 5.82 Å². The number of primary amides is 1. The number of benzene rings is 2. The molecule has 0 atom stereocenters. The van der Waals surface area contributed by atoms with Gasteiger partial charge in [0.2, 0.25) is 5.91 Å². The van der Waals surface area contributed by atoms with Crippen LogP contribution in [0.25, 0.3) is 0 Å². The Balaban J connectivity index is 2.10. The summed E-state index contributed by atoms with van der Waals surface area (Å²) in [4.78, 5) is 24.8. The lowest BCUT2D eigenvalue weighted by Crippen LogP contribution is -2.37. The van der Waals surface area contributed by atoms with Crippen molar-refractivity contribution in [3.63, 3.8) is 0 Å². The minimum Gasteiger partial charge on any atom is -0.482 e. The highest BCUT2D eigenvalue weighted by atomic mass is 35.5. The first-order valence-electron chi connectivity index (χ1n) is 7.19. The van der Waals surface area contributed by atoms with Crippen LogP contribution in [0.5, 0.6) is 5.75 Å². The number of anilines is 1. The number of rotatable bonds is 7. The van der Waals surface area contributed by atoms with Gasteiger partial charge < -0.3 is 15.4 Å². The maximum absolute atomic E-state index is 13.1. The van der Waals surface area contributed by atoms with Gasteiger partial charge in [-0.15, -0.1) is 0 Å². The number of carbonyl (C=O) groups is 2. The number of hydrogen-bond donors (Lipinski definition) is 1. The molecule has 0 aliphatic heterocycles. The molecule has 0 aliphatic rings. The normalized spacial score (nSPS) is 10.2. The van der Waals surface area contributed by atoms with Gasteiger partial charge in [0.1, 0.15) is 11.6 Å². The van der Waals surface area contributed by atoms with Crippen molar-refractivity contribution in [1.29, 1.82) is 0 Å². The summed E-state index contributed by atoms with van der Waals surface area (Å²) in [6.07, 6.45) is -0.0186. The van der Waals surface area contributed by atoms with Crippen LogP contribution in [0.4, 0.5) is 10.1 Å². The number of ether oxygens (including phenoxy) is 1. The van der Waals surface area contributed by atoms with Gasteiger partial charge in [0, 0.05) is 18.7 Å². The van der Waals surface area contributed by atoms with Gasteiger partial charge in [0.25, 0.3) is 5.91 Å². The second-order valence-electron chi connectivity index (χ2n) is 4.96. The van der Waals surface area contributed by atoms with Gasteiger partial charge in [-0.2, -0.15) is 0 Å². The summed E-state index contributed by atoms with van der Waals surface area (Å²) < 4.78 is 18.5. The third-order valence-corrected chi connectivity index (χ3v) is 3.52. The fraction of sp³-hybridized carbons (Fsp3) is 0.176. The highest BCUT2D eigenvalue weighted by molar-refractivity contribution is 6.32. The van der Waals surface area contributed by atoms with Gasteiger partial charge in [-0.3, -0.25) is 9.59 Å². The average molecular weight is 351 g/mol. The van der Waals surface area contributed by atoms with Crippen LogP contribution in [0.2, 0.25) is 5.02 Å². The molecule has 2 N–H and O–H groups in total. The van der Waals surface area contributed by atoms with Crippen LogP contribution in [0.1, 0.15) is 6.42 Å². The van der Waals surface area contributed by atoms with Gasteiger partial charge in [-0.25, -0.2) is 4.39 Å². The molecule has 0 unspecified atom stereocenters.